The zero-order valence-electron chi connectivity index (χ0n) is 9.14. The van der Waals surface area contributed by atoms with Crippen molar-refractivity contribution < 1.29 is 4.79 Å². The van der Waals surface area contributed by atoms with Crippen LogP contribution in [-0.4, -0.2) is 6.03 Å². The largest absolute Gasteiger partial charge is 0.399 e. The molecule has 0 aliphatic rings. The van der Waals surface area contributed by atoms with Gasteiger partial charge in [-0.05, 0) is 35.7 Å². The molecule has 88 valence electrons. The van der Waals surface area contributed by atoms with E-state index in [-0.39, 0.29) is 6.03 Å². The van der Waals surface area contributed by atoms with E-state index in [1.165, 1.54) is 0 Å². The Morgan fingerprint density at radius 1 is 1.24 bits per heavy atom. The lowest BCUT2D eigenvalue weighted by Gasteiger charge is -2.06. The average Bonchev–Trinajstić information content (AvgIpc) is 2.83. The summed E-state index contributed by atoms with van der Waals surface area (Å²) in [6.07, 6.45) is 0. The summed E-state index contributed by atoms with van der Waals surface area (Å²) in [7, 11) is 0. The molecule has 2 amide bonds. The van der Waals surface area contributed by atoms with Crippen LogP contribution in [-0.2, 0) is 6.54 Å². The normalized spacial score (nSPS) is 9.88. The van der Waals surface area contributed by atoms with Crippen LogP contribution < -0.4 is 16.4 Å². The maximum Gasteiger partial charge on any atom is 0.319 e. The van der Waals surface area contributed by atoms with Crippen molar-refractivity contribution in [3.05, 3.63) is 46.7 Å². The molecule has 0 saturated carbocycles. The molecule has 0 bridgehead atoms. The van der Waals surface area contributed by atoms with Crippen molar-refractivity contribution in [1.82, 2.24) is 5.32 Å². The predicted octanol–water partition coefficient (Wildman–Crippen LogP) is 2.65. The van der Waals surface area contributed by atoms with Gasteiger partial charge in [-0.1, -0.05) is 6.07 Å². The third-order valence-corrected chi connectivity index (χ3v) is 3.05. The van der Waals surface area contributed by atoms with Crippen LogP contribution in [0.3, 0.4) is 0 Å². The topological polar surface area (TPSA) is 67.1 Å². The van der Waals surface area contributed by atoms with Crippen molar-refractivity contribution in [2.24, 2.45) is 0 Å². The lowest BCUT2D eigenvalue weighted by Crippen LogP contribution is -2.27. The minimum atomic E-state index is -0.219. The van der Waals surface area contributed by atoms with Gasteiger partial charge in [-0.3, -0.25) is 0 Å². The minimum absolute atomic E-state index is 0.219. The minimum Gasteiger partial charge on any atom is -0.399 e. The van der Waals surface area contributed by atoms with Crippen LogP contribution in [0.25, 0.3) is 0 Å². The fourth-order valence-corrected chi connectivity index (χ4v) is 1.97. The molecule has 1 aromatic carbocycles. The Hall–Kier alpha value is -2.01. The van der Waals surface area contributed by atoms with Crippen molar-refractivity contribution in [2.45, 2.75) is 6.54 Å². The molecule has 0 unspecified atom stereocenters. The summed E-state index contributed by atoms with van der Waals surface area (Å²) >= 11 is 1.61. The number of rotatable bonds is 3. The second-order valence-corrected chi connectivity index (χ2v) is 4.54. The van der Waals surface area contributed by atoms with E-state index in [4.69, 9.17) is 5.73 Å². The van der Waals surface area contributed by atoms with Crippen LogP contribution in [0.2, 0.25) is 0 Å². The van der Waals surface area contributed by atoms with Gasteiger partial charge in [0, 0.05) is 16.3 Å². The van der Waals surface area contributed by atoms with Crippen molar-refractivity contribution >= 4 is 28.7 Å². The second-order valence-electron chi connectivity index (χ2n) is 3.51. The van der Waals surface area contributed by atoms with E-state index in [1.54, 1.807) is 35.6 Å². The molecule has 4 nitrogen and oxygen atoms in total. The van der Waals surface area contributed by atoms with Crippen LogP contribution in [0.15, 0.2) is 41.8 Å². The highest BCUT2D eigenvalue weighted by Crippen LogP contribution is 2.11. The zero-order valence-corrected chi connectivity index (χ0v) is 9.96. The smallest absolute Gasteiger partial charge is 0.319 e. The Balaban J connectivity index is 1.83. The monoisotopic (exact) mass is 247 g/mol. The van der Waals surface area contributed by atoms with Gasteiger partial charge in [0.05, 0.1) is 6.54 Å². The molecule has 1 heterocycles. The molecule has 4 N–H and O–H groups in total. The SMILES string of the molecule is Nc1ccc(NC(=O)NCc2cccs2)cc1. The van der Waals surface area contributed by atoms with Gasteiger partial charge >= 0.3 is 6.03 Å². The van der Waals surface area contributed by atoms with Gasteiger partial charge in [-0.2, -0.15) is 0 Å². The summed E-state index contributed by atoms with van der Waals surface area (Å²) < 4.78 is 0. The number of urea groups is 1. The van der Waals surface area contributed by atoms with Gasteiger partial charge in [0.15, 0.2) is 0 Å². The number of carbonyl (C=O) groups is 1. The summed E-state index contributed by atoms with van der Waals surface area (Å²) in [6, 6.07) is 10.7. The van der Waals surface area contributed by atoms with Crippen LogP contribution in [0, 0.1) is 0 Å². The Labute approximate surface area is 103 Å². The molecule has 0 saturated heterocycles. The first-order chi connectivity index (χ1) is 8.24. The van der Waals surface area contributed by atoms with Crippen LogP contribution >= 0.6 is 11.3 Å². The number of nitrogens with two attached hydrogens (primary N) is 1. The van der Waals surface area contributed by atoms with E-state index < -0.39 is 0 Å². The summed E-state index contributed by atoms with van der Waals surface area (Å²) in [5.41, 5.74) is 6.95. The number of hydrogen-bond acceptors (Lipinski definition) is 3. The van der Waals surface area contributed by atoms with Crippen LogP contribution in [0.1, 0.15) is 4.88 Å². The van der Waals surface area contributed by atoms with Gasteiger partial charge in [-0.25, -0.2) is 4.79 Å². The van der Waals surface area contributed by atoms with Crippen LogP contribution in [0.4, 0.5) is 16.2 Å². The molecule has 17 heavy (non-hydrogen) atoms. The molecule has 2 aromatic rings. The first kappa shape index (κ1) is 11.5. The lowest BCUT2D eigenvalue weighted by atomic mass is 10.3. The molecule has 5 heteroatoms. The number of anilines is 2. The molecule has 0 radical (unpaired) electrons. The Morgan fingerprint density at radius 3 is 2.65 bits per heavy atom. The Kier molecular flexibility index (Phi) is 3.62. The van der Waals surface area contributed by atoms with Gasteiger partial charge in [0.25, 0.3) is 0 Å². The Bertz CT molecular complexity index is 479. The highest BCUT2D eigenvalue weighted by molar-refractivity contribution is 7.09. The fraction of sp³-hybridized carbons (Fsp3) is 0.0833. The van der Waals surface area contributed by atoms with Crippen LogP contribution in [0.5, 0.6) is 0 Å². The molecular formula is C12H13N3OS. The molecule has 0 spiro atoms. The van der Waals surface area contributed by atoms with E-state index >= 15 is 0 Å². The van der Waals surface area contributed by atoms with E-state index in [2.05, 4.69) is 10.6 Å². The maximum absolute atomic E-state index is 11.5. The van der Waals surface area contributed by atoms with Gasteiger partial charge in [0.2, 0.25) is 0 Å². The molecule has 1 aromatic heterocycles. The van der Waals surface area contributed by atoms with Gasteiger partial charge < -0.3 is 16.4 Å². The number of nitrogen functional groups attached to an aromatic ring is 1. The molecular weight excluding hydrogens is 234 g/mol. The number of thiophene rings is 1. The fourth-order valence-electron chi connectivity index (χ4n) is 1.32. The number of amides is 2. The third kappa shape index (κ3) is 3.49. The third-order valence-electron chi connectivity index (χ3n) is 2.17. The summed E-state index contributed by atoms with van der Waals surface area (Å²) in [4.78, 5) is 12.7. The number of benzene rings is 1. The molecule has 0 aliphatic carbocycles. The predicted molar refractivity (Wildman–Crippen MR) is 71.0 cm³/mol. The van der Waals surface area contributed by atoms with E-state index in [1.807, 2.05) is 17.5 Å². The van der Waals surface area contributed by atoms with Gasteiger partial charge in [-0.15, -0.1) is 11.3 Å². The number of hydrogen-bond donors (Lipinski definition) is 3. The van der Waals surface area contributed by atoms with E-state index in [9.17, 15) is 4.79 Å². The summed E-state index contributed by atoms with van der Waals surface area (Å²) in [5, 5.41) is 7.49. The highest BCUT2D eigenvalue weighted by Gasteiger charge is 2.01. The number of nitrogens with one attached hydrogen (secondary N) is 2. The quantitative estimate of drug-likeness (QED) is 0.730. The highest BCUT2D eigenvalue weighted by atomic mass is 32.1. The van der Waals surface area contributed by atoms with Crippen molar-refractivity contribution in [1.29, 1.82) is 0 Å². The zero-order chi connectivity index (χ0) is 12.1. The van der Waals surface area contributed by atoms with E-state index in [0.29, 0.717) is 12.2 Å². The molecule has 0 fully saturated rings. The first-order valence-corrected chi connectivity index (χ1v) is 6.05. The van der Waals surface area contributed by atoms with Gasteiger partial charge in [0.1, 0.15) is 0 Å². The molecule has 2 rings (SSSR count). The van der Waals surface area contributed by atoms with Crippen molar-refractivity contribution in [2.75, 3.05) is 11.1 Å². The van der Waals surface area contributed by atoms with E-state index in [0.717, 1.165) is 10.6 Å². The Morgan fingerprint density at radius 2 is 2.00 bits per heavy atom. The average molecular weight is 247 g/mol. The van der Waals surface area contributed by atoms with Crippen molar-refractivity contribution in [3.8, 4) is 0 Å². The maximum atomic E-state index is 11.5. The first-order valence-electron chi connectivity index (χ1n) is 5.17. The summed E-state index contributed by atoms with van der Waals surface area (Å²) in [6.45, 7) is 0.540. The summed E-state index contributed by atoms with van der Waals surface area (Å²) in [5.74, 6) is 0. The lowest BCUT2D eigenvalue weighted by molar-refractivity contribution is 0.252. The second kappa shape index (κ2) is 5.36. The molecule has 0 atom stereocenters. The number of carbonyl (C=O) groups excluding carboxylic acids is 1. The standard InChI is InChI=1S/C12H13N3OS/c13-9-3-5-10(6-4-9)15-12(16)14-8-11-2-1-7-17-11/h1-7H,8,13H2,(H2,14,15,16). The molecule has 0 aliphatic heterocycles. The van der Waals surface area contributed by atoms with Crippen molar-refractivity contribution in [3.63, 3.8) is 0 Å².